The standard InChI is InChI=1S/C14H17ClN4O4S2/c1-22-11-8-12(23-2)19(14(17-11)18-13(16)24-3)25(20,21)10-7-5-4-6-9(10)15/h4-7,12,16H,8H2,1-3H3. The number of benzene rings is 1. The molecule has 1 aromatic rings. The number of hydrogen-bond acceptors (Lipinski definition) is 6. The molecule has 25 heavy (non-hydrogen) atoms. The van der Waals surface area contributed by atoms with Gasteiger partial charge in [0.2, 0.25) is 5.96 Å². The monoisotopic (exact) mass is 404 g/mol. The first-order valence-corrected chi connectivity index (χ1v) is 10.0. The maximum absolute atomic E-state index is 13.1. The largest absolute Gasteiger partial charge is 0.484 e. The van der Waals surface area contributed by atoms with Gasteiger partial charge in [-0.25, -0.2) is 12.7 Å². The van der Waals surface area contributed by atoms with E-state index >= 15 is 0 Å². The number of sulfonamides is 1. The number of ether oxygens (including phenoxy) is 2. The van der Waals surface area contributed by atoms with Gasteiger partial charge in [0.05, 0.1) is 18.6 Å². The van der Waals surface area contributed by atoms with Crippen molar-refractivity contribution in [2.45, 2.75) is 17.5 Å². The molecule has 0 saturated carbocycles. The molecule has 0 bridgehead atoms. The van der Waals surface area contributed by atoms with Crippen LogP contribution in [0.3, 0.4) is 0 Å². The number of amidine groups is 1. The molecule has 1 aliphatic rings. The van der Waals surface area contributed by atoms with Crippen LogP contribution in [0.25, 0.3) is 0 Å². The minimum Gasteiger partial charge on any atom is -0.484 e. The van der Waals surface area contributed by atoms with Gasteiger partial charge >= 0.3 is 0 Å². The van der Waals surface area contributed by atoms with Crippen LogP contribution in [-0.4, -0.2) is 56.5 Å². The van der Waals surface area contributed by atoms with E-state index in [0.29, 0.717) is 0 Å². The van der Waals surface area contributed by atoms with Crippen molar-refractivity contribution in [3.63, 3.8) is 0 Å². The maximum atomic E-state index is 13.1. The minimum absolute atomic E-state index is 0.0677. The smallest absolute Gasteiger partial charge is 0.270 e. The molecule has 1 N–H and O–H groups in total. The highest BCUT2D eigenvalue weighted by atomic mass is 35.5. The van der Waals surface area contributed by atoms with Gasteiger partial charge in [-0.3, -0.25) is 5.41 Å². The summed E-state index contributed by atoms with van der Waals surface area (Å²) in [6.45, 7) is 0. The van der Waals surface area contributed by atoms with E-state index < -0.39 is 16.3 Å². The van der Waals surface area contributed by atoms with E-state index in [-0.39, 0.29) is 33.4 Å². The van der Waals surface area contributed by atoms with Crippen molar-refractivity contribution in [2.24, 2.45) is 9.98 Å². The molecule has 8 nitrogen and oxygen atoms in total. The molecule has 0 fully saturated rings. The van der Waals surface area contributed by atoms with Gasteiger partial charge in [-0.2, -0.15) is 9.98 Å². The molecule has 0 radical (unpaired) electrons. The second-order valence-corrected chi connectivity index (χ2v) is 7.74. The highest BCUT2D eigenvalue weighted by Crippen LogP contribution is 2.29. The zero-order chi connectivity index (χ0) is 18.6. The van der Waals surface area contributed by atoms with Crippen molar-refractivity contribution >= 4 is 50.4 Å². The maximum Gasteiger partial charge on any atom is 0.270 e. The predicted molar refractivity (Wildman–Crippen MR) is 99.0 cm³/mol. The van der Waals surface area contributed by atoms with Gasteiger partial charge in [0.15, 0.2) is 17.3 Å². The van der Waals surface area contributed by atoms with Crippen LogP contribution in [0.15, 0.2) is 39.1 Å². The lowest BCUT2D eigenvalue weighted by Crippen LogP contribution is -2.49. The summed E-state index contributed by atoms with van der Waals surface area (Å²) in [5, 5.41) is 7.70. The molecule has 1 aliphatic heterocycles. The quantitative estimate of drug-likeness (QED) is 0.615. The highest BCUT2D eigenvalue weighted by molar-refractivity contribution is 8.13. The van der Waals surface area contributed by atoms with Crippen molar-refractivity contribution in [3.05, 3.63) is 29.3 Å². The molecule has 0 aromatic heterocycles. The Labute approximate surface area is 155 Å². The fourth-order valence-electron chi connectivity index (χ4n) is 2.11. The summed E-state index contributed by atoms with van der Waals surface area (Å²) in [5.41, 5.74) is 0. The van der Waals surface area contributed by atoms with Crippen LogP contribution in [0.2, 0.25) is 5.02 Å². The zero-order valence-electron chi connectivity index (χ0n) is 13.8. The number of hydrogen-bond donors (Lipinski definition) is 1. The fraction of sp³-hybridized carbons (Fsp3) is 0.357. The number of thioether (sulfide) groups is 1. The van der Waals surface area contributed by atoms with Crippen LogP contribution in [-0.2, 0) is 19.5 Å². The number of aliphatic imine (C=N–C) groups is 2. The summed E-state index contributed by atoms with van der Waals surface area (Å²) in [6.07, 6.45) is 0.821. The third-order valence-electron chi connectivity index (χ3n) is 3.31. The number of rotatable bonds is 3. The molecule has 0 spiro atoms. The lowest BCUT2D eigenvalue weighted by atomic mass is 10.3. The van der Waals surface area contributed by atoms with Crippen molar-refractivity contribution in [2.75, 3.05) is 20.5 Å². The predicted octanol–water partition coefficient (Wildman–Crippen LogP) is 2.41. The molecule has 1 heterocycles. The van der Waals surface area contributed by atoms with Crippen LogP contribution in [0.5, 0.6) is 0 Å². The van der Waals surface area contributed by atoms with Crippen LogP contribution in [0.1, 0.15) is 6.42 Å². The third-order valence-corrected chi connectivity index (χ3v) is 6.06. The van der Waals surface area contributed by atoms with Gasteiger partial charge in [-0.05, 0) is 18.4 Å². The molecular weight excluding hydrogens is 388 g/mol. The lowest BCUT2D eigenvalue weighted by molar-refractivity contribution is 0.0439. The van der Waals surface area contributed by atoms with Gasteiger partial charge in [-0.15, -0.1) is 0 Å². The Morgan fingerprint density at radius 3 is 2.68 bits per heavy atom. The van der Waals surface area contributed by atoms with E-state index in [2.05, 4.69) is 9.98 Å². The summed E-state index contributed by atoms with van der Waals surface area (Å²) in [4.78, 5) is 7.98. The summed E-state index contributed by atoms with van der Waals surface area (Å²) >= 11 is 7.11. The van der Waals surface area contributed by atoms with Crippen LogP contribution in [0, 0.1) is 5.41 Å². The van der Waals surface area contributed by atoms with Gasteiger partial charge < -0.3 is 9.47 Å². The average Bonchev–Trinajstić information content (AvgIpc) is 2.60. The Kier molecular flexibility index (Phi) is 6.44. The van der Waals surface area contributed by atoms with E-state index in [4.69, 9.17) is 26.5 Å². The molecule has 1 atom stereocenters. The topological polar surface area (TPSA) is 104 Å². The second kappa shape index (κ2) is 8.17. The first kappa shape index (κ1) is 19.7. The Balaban J connectivity index is 2.64. The van der Waals surface area contributed by atoms with Gasteiger partial charge in [0.25, 0.3) is 10.0 Å². The molecule has 1 unspecified atom stereocenters. The van der Waals surface area contributed by atoms with Crippen LogP contribution < -0.4 is 0 Å². The van der Waals surface area contributed by atoms with E-state index in [1.54, 1.807) is 18.4 Å². The van der Waals surface area contributed by atoms with Gasteiger partial charge in [0, 0.05) is 7.11 Å². The van der Waals surface area contributed by atoms with Crippen molar-refractivity contribution in [1.82, 2.24) is 4.31 Å². The second-order valence-electron chi connectivity index (χ2n) is 4.76. The van der Waals surface area contributed by atoms with E-state index in [1.165, 1.54) is 26.4 Å². The first-order valence-electron chi connectivity index (χ1n) is 6.99. The SMILES string of the molecule is COC1=NC(=NC(=N)SC)N(S(=O)(=O)c2ccccc2Cl)C(OC)C1. The Bertz CT molecular complexity index is 826. The average molecular weight is 405 g/mol. The summed E-state index contributed by atoms with van der Waals surface area (Å²) in [5.74, 6) is 0.0410. The fourth-order valence-corrected chi connectivity index (χ4v) is 4.25. The van der Waals surface area contributed by atoms with Crippen LogP contribution >= 0.6 is 23.4 Å². The molecular formula is C14H17ClN4O4S2. The Hall–Kier alpha value is -1.62. The number of guanidine groups is 1. The molecule has 0 saturated heterocycles. The number of nitrogens with one attached hydrogen (secondary N) is 1. The minimum atomic E-state index is -4.11. The summed E-state index contributed by atoms with van der Waals surface area (Å²) in [7, 11) is -1.32. The van der Waals surface area contributed by atoms with E-state index in [1.807, 2.05) is 0 Å². The molecule has 0 aliphatic carbocycles. The van der Waals surface area contributed by atoms with Crippen molar-refractivity contribution < 1.29 is 17.9 Å². The Morgan fingerprint density at radius 2 is 2.12 bits per heavy atom. The number of methoxy groups -OCH3 is 2. The molecule has 0 amide bonds. The van der Waals surface area contributed by atoms with Crippen molar-refractivity contribution in [1.29, 1.82) is 5.41 Å². The van der Waals surface area contributed by atoms with Gasteiger partial charge in [-0.1, -0.05) is 35.5 Å². The lowest BCUT2D eigenvalue weighted by Gasteiger charge is -2.33. The van der Waals surface area contributed by atoms with E-state index in [9.17, 15) is 8.42 Å². The van der Waals surface area contributed by atoms with Crippen LogP contribution in [0.4, 0.5) is 0 Å². The molecule has 136 valence electrons. The summed E-state index contributed by atoms with van der Waals surface area (Å²) < 4.78 is 37.6. The first-order chi connectivity index (χ1) is 11.8. The Morgan fingerprint density at radius 1 is 1.44 bits per heavy atom. The highest BCUT2D eigenvalue weighted by Gasteiger charge is 2.40. The van der Waals surface area contributed by atoms with Gasteiger partial charge in [0.1, 0.15) is 4.90 Å². The van der Waals surface area contributed by atoms with E-state index in [0.717, 1.165) is 16.1 Å². The summed E-state index contributed by atoms with van der Waals surface area (Å²) in [6, 6.07) is 6.06. The number of halogens is 1. The molecule has 1 aromatic carbocycles. The third kappa shape index (κ3) is 4.14. The zero-order valence-corrected chi connectivity index (χ0v) is 16.2. The normalized spacial score (nSPS) is 19.7. The molecule has 11 heteroatoms. The van der Waals surface area contributed by atoms with Crippen molar-refractivity contribution in [3.8, 4) is 0 Å². The molecule has 2 rings (SSSR count). The number of nitrogens with zero attached hydrogens (tertiary/aromatic N) is 3.